The molecule has 0 aromatic heterocycles. The first-order valence-electron chi connectivity index (χ1n) is 8.70. The summed E-state index contributed by atoms with van der Waals surface area (Å²) in [7, 11) is 1.93. The number of carbonyl (C=O) groups is 2. The van der Waals surface area contributed by atoms with Gasteiger partial charge in [-0.3, -0.25) is 9.59 Å². The number of likely N-dealkylation sites (tertiary alicyclic amines) is 2. The van der Waals surface area contributed by atoms with Gasteiger partial charge in [0.1, 0.15) is 6.04 Å². The van der Waals surface area contributed by atoms with Crippen molar-refractivity contribution in [3.05, 3.63) is 33.8 Å². The van der Waals surface area contributed by atoms with E-state index in [0.29, 0.717) is 28.1 Å². The second-order valence-electron chi connectivity index (χ2n) is 6.78. The van der Waals surface area contributed by atoms with Crippen LogP contribution in [0.4, 0.5) is 0 Å². The van der Waals surface area contributed by atoms with Gasteiger partial charge in [0.15, 0.2) is 0 Å². The highest BCUT2D eigenvalue weighted by Gasteiger charge is 2.38. The molecule has 3 rings (SSSR count). The summed E-state index contributed by atoms with van der Waals surface area (Å²) < 4.78 is 0. The summed E-state index contributed by atoms with van der Waals surface area (Å²) in [5.41, 5.74) is 0.476. The number of amides is 2. The first kappa shape index (κ1) is 21.3. The Kier molecular flexibility index (Phi) is 7.59. The standard InChI is InChI=1S/C18H23Cl2N3O2.ClH/c1-21-10-12-6-8-22(11-12)18(25)16-3-2-7-23(16)17(24)13-4-5-14(19)15(20)9-13;/h4-5,9,12,16,21H,2-3,6-8,10-11H2,1H3;1H. The van der Waals surface area contributed by atoms with Crippen LogP contribution in [0.5, 0.6) is 0 Å². The van der Waals surface area contributed by atoms with Gasteiger partial charge in [-0.15, -0.1) is 12.4 Å². The van der Waals surface area contributed by atoms with Crippen LogP contribution in [0.3, 0.4) is 0 Å². The minimum atomic E-state index is -0.365. The Hall–Kier alpha value is -1.01. The first-order valence-corrected chi connectivity index (χ1v) is 9.46. The van der Waals surface area contributed by atoms with Crippen molar-refractivity contribution < 1.29 is 9.59 Å². The summed E-state index contributed by atoms with van der Waals surface area (Å²) >= 11 is 12.0. The van der Waals surface area contributed by atoms with E-state index in [9.17, 15) is 9.59 Å². The predicted octanol–water partition coefficient (Wildman–Crippen LogP) is 3.09. The van der Waals surface area contributed by atoms with E-state index >= 15 is 0 Å². The Balaban J connectivity index is 0.00000243. The first-order chi connectivity index (χ1) is 12.0. The Labute approximate surface area is 170 Å². The number of carbonyl (C=O) groups excluding carboxylic acids is 2. The smallest absolute Gasteiger partial charge is 0.254 e. The summed E-state index contributed by atoms with van der Waals surface area (Å²) in [4.78, 5) is 29.4. The second-order valence-corrected chi connectivity index (χ2v) is 7.60. The lowest BCUT2D eigenvalue weighted by Gasteiger charge is -2.28. The van der Waals surface area contributed by atoms with E-state index in [-0.39, 0.29) is 30.3 Å². The zero-order chi connectivity index (χ0) is 18.0. The number of rotatable bonds is 4. The van der Waals surface area contributed by atoms with Crippen LogP contribution in [-0.4, -0.2) is 60.9 Å². The molecular formula is C18H24Cl3N3O2. The highest BCUT2D eigenvalue weighted by molar-refractivity contribution is 6.42. The van der Waals surface area contributed by atoms with Crippen molar-refractivity contribution >= 4 is 47.4 Å². The van der Waals surface area contributed by atoms with Crippen LogP contribution in [0.25, 0.3) is 0 Å². The van der Waals surface area contributed by atoms with Crippen molar-refractivity contribution in [2.45, 2.75) is 25.3 Å². The van der Waals surface area contributed by atoms with Gasteiger partial charge in [0.05, 0.1) is 10.0 Å². The third-order valence-corrected chi connectivity index (χ3v) is 5.79. The van der Waals surface area contributed by atoms with E-state index in [2.05, 4.69) is 5.32 Å². The van der Waals surface area contributed by atoms with Crippen molar-refractivity contribution in [3.8, 4) is 0 Å². The van der Waals surface area contributed by atoms with Gasteiger partial charge in [-0.1, -0.05) is 23.2 Å². The third-order valence-electron chi connectivity index (χ3n) is 5.06. The van der Waals surface area contributed by atoms with Gasteiger partial charge in [0.25, 0.3) is 5.91 Å². The average molecular weight is 421 g/mol. The van der Waals surface area contributed by atoms with E-state index in [0.717, 1.165) is 38.9 Å². The SMILES string of the molecule is CNCC1CCN(C(=O)C2CCCN2C(=O)c2ccc(Cl)c(Cl)c2)C1.Cl. The molecule has 2 unspecified atom stereocenters. The van der Waals surface area contributed by atoms with Gasteiger partial charge < -0.3 is 15.1 Å². The number of hydrogen-bond donors (Lipinski definition) is 1. The molecule has 8 heteroatoms. The topological polar surface area (TPSA) is 52.7 Å². The van der Waals surface area contributed by atoms with E-state index in [1.54, 1.807) is 23.1 Å². The molecule has 0 spiro atoms. The molecule has 0 saturated carbocycles. The molecule has 0 radical (unpaired) electrons. The Morgan fingerprint density at radius 1 is 1.19 bits per heavy atom. The van der Waals surface area contributed by atoms with E-state index < -0.39 is 0 Å². The normalized spacial score (nSPS) is 22.4. The van der Waals surface area contributed by atoms with Crippen LogP contribution >= 0.6 is 35.6 Å². The summed E-state index contributed by atoms with van der Waals surface area (Å²) in [5.74, 6) is 0.416. The van der Waals surface area contributed by atoms with Crippen LogP contribution < -0.4 is 5.32 Å². The summed E-state index contributed by atoms with van der Waals surface area (Å²) in [5, 5.41) is 3.94. The highest BCUT2D eigenvalue weighted by atomic mass is 35.5. The fourth-order valence-electron chi connectivity index (χ4n) is 3.76. The minimum Gasteiger partial charge on any atom is -0.341 e. The lowest BCUT2D eigenvalue weighted by atomic mass is 10.1. The Bertz CT molecular complexity index is 671. The molecule has 0 bridgehead atoms. The third kappa shape index (κ3) is 4.45. The molecule has 2 aliphatic heterocycles. The fraction of sp³-hybridized carbons (Fsp3) is 0.556. The maximum absolute atomic E-state index is 12.9. The molecule has 2 saturated heterocycles. The number of halogens is 3. The van der Waals surface area contributed by atoms with Crippen LogP contribution in [0.1, 0.15) is 29.6 Å². The quantitative estimate of drug-likeness (QED) is 0.814. The van der Waals surface area contributed by atoms with E-state index in [1.165, 1.54) is 0 Å². The molecule has 5 nitrogen and oxygen atoms in total. The predicted molar refractivity (Wildman–Crippen MR) is 106 cm³/mol. The molecule has 2 aliphatic rings. The zero-order valence-corrected chi connectivity index (χ0v) is 17.0. The molecule has 1 aromatic rings. The highest BCUT2D eigenvalue weighted by Crippen LogP contribution is 2.27. The molecule has 2 heterocycles. The van der Waals surface area contributed by atoms with Crippen LogP contribution in [0.2, 0.25) is 10.0 Å². The molecule has 1 N–H and O–H groups in total. The Morgan fingerprint density at radius 2 is 1.96 bits per heavy atom. The number of benzene rings is 1. The molecule has 2 atom stereocenters. The molecule has 2 fully saturated rings. The van der Waals surface area contributed by atoms with Crippen LogP contribution in [0, 0.1) is 5.92 Å². The van der Waals surface area contributed by atoms with Crippen LogP contribution in [-0.2, 0) is 4.79 Å². The van der Waals surface area contributed by atoms with Gasteiger partial charge in [0, 0.05) is 25.2 Å². The maximum Gasteiger partial charge on any atom is 0.254 e. The van der Waals surface area contributed by atoms with Crippen molar-refractivity contribution in [1.82, 2.24) is 15.1 Å². The number of nitrogens with one attached hydrogen (secondary N) is 1. The van der Waals surface area contributed by atoms with Crippen molar-refractivity contribution in [1.29, 1.82) is 0 Å². The van der Waals surface area contributed by atoms with Gasteiger partial charge in [-0.25, -0.2) is 0 Å². The average Bonchev–Trinajstić information content (AvgIpc) is 3.26. The maximum atomic E-state index is 12.9. The van der Waals surface area contributed by atoms with Gasteiger partial charge in [-0.05, 0) is 57.0 Å². The van der Waals surface area contributed by atoms with Gasteiger partial charge in [0.2, 0.25) is 5.91 Å². The lowest BCUT2D eigenvalue weighted by Crippen LogP contribution is -2.47. The number of hydrogen-bond acceptors (Lipinski definition) is 3. The van der Waals surface area contributed by atoms with E-state index in [1.807, 2.05) is 11.9 Å². The molecule has 26 heavy (non-hydrogen) atoms. The van der Waals surface area contributed by atoms with Gasteiger partial charge in [-0.2, -0.15) is 0 Å². The molecular weight excluding hydrogens is 397 g/mol. The van der Waals surface area contributed by atoms with Crippen LogP contribution in [0.15, 0.2) is 18.2 Å². The second kappa shape index (κ2) is 9.27. The van der Waals surface area contributed by atoms with Crippen molar-refractivity contribution in [2.24, 2.45) is 5.92 Å². The fourth-order valence-corrected chi connectivity index (χ4v) is 4.06. The molecule has 1 aromatic carbocycles. The number of nitrogens with zero attached hydrogens (tertiary/aromatic N) is 2. The largest absolute Gasteiger partial charge is 0.341 e. The lowest BCUT2D eigenvalue weighted by molar-refractivity contribution is -0.134. The summed E-state index contributed by atoms with van der Waals surface area (Å²) in [6, 6.07) is 4.49. The van der Waals surface area contributed by atoms with Crippen molar-refractivity contribution in [2.75, 3.05) is 33.2 Å². The minimum absolute atomic E-state index is 0. The zero-order valence-electron chi connectivity index (χ0n) is 14.7. The molecule has 2 amide bonds. The monoisotopic (exact) mass is 419 g/mol. The van der Waals surface area contributed by atoms with E-state index in [4.69, 9.17) is 23.2 Å². The summed E-state index contributed by atoms with van der Waals surface area (Å²) in [6.45, 7) is 3.06. The Morgan fingerprint density at radius 3 is 2.65 bits per heavy atom. The molecule has 0 aliphatic carbocycles. The van der Waals surface area contributed by atoms with Gasteiger partial charge >= 0.3 is 0 Å². The van der Waals surface area contributed by atoms with Crippen molar-refractivity contribution in [3.63, 3.8) is 0 Å². The summed E-state index contributed by atoms with van der Waals surface area (Å²) in [6.07, 6.45) is 2.58. The molecule has 144 valence electrons.